The fraction of sp³-hybridized carbons (Fsp3) is 0.905. The van der Waals surface area contributed by atoms with Crippen LogP contribution in [0.4, 0.5) is 13.2 Å². The van der Waals surface area contributed by atoms with Crippen LogP contribution in [0.15, 0.2) is 0 Å². The monoisotopic (exact) mass is 523 g/mol. The van der Waals surface area contributed by atoms with Gasteiger partial charge in [-0.15, -0.1) is 0 Å². The molecule has 0 fully saturated rings. The third kappa shape index (κ3) is 25.4. The highest BCUT2D eigenvalue weighted by Gasteiger charge is 2.38. The second-order valence-corrected chi connectivity index (χ2v) is 9.39. The first kappa shape index (κ1) is 35.0. The average molecular weight is 524 g/mol. The molecule has 34 heavy (non-hydrogen) atoms. The average Bonchev–Trinajstić information content (AvgIpc) is 2.74. The van der Waals surface area contributed by atoms with Gasteiger partial charge in [0.15, 0.2) is 0 Å². The Bertz CT molecular complexity index is 579. The van der Waals surface area contributed by atoms with Crippen LogP contribution < -0.4 is 5.73 Å². The Morgan fingerprint density at radius 1 is 0.824 bits per heavy atom. The molecule has 5 N–H and O–H groups in total. The molecule has 0 radical (unpaired) electrons. The molecule has 2 atom stereocenters. The molecule has 0 aromatic rings. The predicted molar refractivity (Wildman–Crippen MR) is 121 cm³/mol. The van der Waals surface area contributed by atoms with E-state index in [1.165, 1.54) is 70.6 Å². The van der Waals surface area contributed by atoms with Gasteiger partial charge in [-0.25, -0.2) is 9.36 Å². The number of unbranched alkanes of at least 4 members (excludes halogenated alkanes) is 13. The number of carbonyl (C=O) groups is 2. The van der Waals surface area contributed by atoms with Crippen LogP contribution >= 0.6 is 7.82 Å². The molecule has 0 aromatic carbocycles. The fourth-order valence-corrected chi connectivity index (χ4v) is 3.54. The lowest BCUT2D eigenvalue weighted by atomic mass is 10.0. The topological polar surface area (TPSA) is 156 Å². The largest absolute Gasteiger partial charge is 0.490 e. The smallest absolute Gasteiger partial charge is 0.480 e. The van der Waals surface area contributed by atoms with Crippen molar-refractivity contribution < 1.29 is 51.5 Å². The lowest BCUT2D eigenvalue weighted by Gasteiger charge is -2.13. The summed E-state index contributed by atoms with van der Waals surface area (Å²) in [6, 6.07) is -1.34. The van der Waals surface area contributed by atoms with Gasteiger partial charge in [0.1, 0.15) is 6.04 Å². The molecule has 204 valence electrons. The van der Waals surface area contributed by atoms with Crippen molar-refractivity contribution in [3.63, 3.8) is 0 Å². The van der Waals surface area contributed by atoms with Gasteiger partial charge in [-0.2, -0.15) is 13.2 Å². The summed E-state index contributed by atoms with van der Waals surface area (Å²) in [6.45, 7) is 1.81. The standard InChI is InChI=1S/C19H40NO6P.C2HF3O2/c1-2-3-4-5-6-7-8-9-10-11-12-13-14-15-16-25-27(23,24)26-17-18(20)19(21)22;3-2(4,5)1(6)7/h18H,2-17,20H2,1H3,(H,21,22)(H,23,24);(H,6,7)/t18-;/m0./s1. The highest BCUT2D eigenvalue weighted by molar-refractivity contribution is 7.47. The molecular weight excluding hydrogens is 482 g/mol. The summed E-state index contributed by atoms with van der Waals surface area (Å²) in [4.78, 5) is 28.8. The van der Waals surface area contributed by atoms with E-state index in [2.05, 4.69) is 11.4 Å². The highest BCUT2D eigenvalue weighted by atomic mass is 31.2. The van der Waals surface area contributed by atoms with Crippen molar-refractivity contribution in [2.24, 2.45) is 5.73 Å². The molecule has 9 nitrogen and oxygen atoms in total. The maximum Gasteiger partial charge on any atom is 0.490 e. The van der Waals surface area contributed by atoms with E-state index in [1.807, 2.05) is 0 Å². The second kappa shape index (κ2) is 21.1. The Hall–Kier alpha value is -1.20. The van der Waals surface area contributed by atoms with Crippen LogP contribution in [0.1, 0.15) is 96.8 Å². The maximum absolute atomic E-state index is 11.5. The molecule has 1 unspecified atom stereocenters. The summed E-state index contributed by atoms with van der Waals surface area (Å²) in [6.07, 6.45) is 12.2. The van der Waals surface area contributed by atoms with Gasteiger partial charge in [-0.3, -0.25) is 13.8 Å². The molecule has 0 bridgehead atoms. The van der Waals surface area contributed by atoms with Gasteiger partial charge in [0.25, 0.3) is 0 Å². The minimum Gasteiger partial charge on any atom is -0.480 e. The van der Waals surface area contributed by atoms with E-state index in [4.69, 9.17) is 25.3 Å². The van der Waals surface area contributed by atoms with Crippen molar-refractivity contribution in [3.8, 4) is 0 Å². The van der Waals surface area contributed by atoms with Gasteiger partial charge in [-0.05, 0) is 6.42 Å². The van der Waals surface area contributed by atoms with E-state index in [1.54, 1.807) is 0 Å². The van der Waals surface area contributed by atoms with Crippen molar-refractivity contribution in [2.75, 3.05) is 13.2 Å². The number of rotatable bonds is 20. The number of hydrogen-bond donors (Lipinski definition) is 4. The number of aliphatic carboxylic acids is 2. The van der Waals surface area contributed by atoms with Gasteiger partial charge in [0.05, 0.1) is 13.2 Å². The van der Waals surface area contributed by atoms with Crippen molar-refractivity contribution in [3.05, 3.63) is 0 Å². The molecule has 0 spiro atoms. The lowest BCUT2D eigenvalue weighted by molar-refractivity contribution is -0.192. The minimum atomic E-state index is -5.08. The molecule has 0 heterocycles. The van der Waals surface area contributed by atoms with Crippen LogP contribution in [-0.4, -0.2) is 52.5 Å². The third-order valence-electron chi connectivity index (χ3n) is 4.73. The highest BCUT2D eigenvalue weighted by Crippen LogP contribution is 2.43. The van der Waals surface area contributed by atoms with E-state index in [-0.39, 0.29) is 6.61 Å². The van der Waals surface area contributed by atoms with Crippen molar-refractivity contribution >= 4 is 19.8 Å². The first-order valence-electron chi connectivity index (χ1n) is 11.7. The van der Waals surface area contributed by atoms with Crippen molar-refractivity contribution in [2.45, 2.75) is 109 Å². The molecule has 0 saturated carbocycles. The van der Waals surface area contributed by atoms with Gasteiger partial charge in [0, 0.05) is 0 Å². The van der Waals surface area contributed by atoms with E-state index in [0.29, 0.717) is 6.42 Å². The SMILES string of the molecule is CCCCCCCCCCCCCCCCOP(=O)(O)OC[C@H](N)C(=O)O.O=C(O)C(F)(F)F. The molecule has 0 rings (SSSR count). The summed E-state index contributed by atoms with van der Waals surface area (Å²) in [5.41, 5.74) is 5.20. The number of phosphoric acid groups is 1. The Balaban J connectivity index is 0. The van der Waals surface area contributed by atoms with E-state index >= 15 is 0 Å². The zero-order valence-electron chi connectivity index (χ0n) is 19.9. The molecule has 0 aliphatic heterocycles. The van der Waals surface area contributed by atoms with Gasteiger partial charge >= 0.3 is 25.9 Å². The van der Waals surface area contributed by atoms with Crippen LogP contribution in [0.2, 0.25) is 0 Å². The molecular formula is C21H41F3NO8P. The van der Waals surface area contributed by atoms with Gasteiger partial charge < -0.3 is 20.8 Å². The zero-order chi connectivity index (χ0) is 26.5. The van der Waals surface area contributed by atoms with Crippen LogP contribution in [0.5, 0.6) is 0 Å². The second-order valence-electron chi connectivity index (χ2n) is 7.94. The number of nitrogens with two attached hydrogens (primary N) is 1. The van der Waals surface area contributed by atoms with Gasteiger partial charge in [0.2, 0.25) is 0 Å². The van der Waals surface area contributed by atoms with Crippen LogP contribution in [0.3, 0.4) is 0 Å². The summed E-state index contributed by atoms with van der Waals surface area (Å²) in [5.74, 6) is -4.05. The van der Waals surface area contributed by atoms with Crippen molar-refractivity contribution in [1.29, 1.82) is 0 Å². The zero-order valence-corrected chi connectivity index (χ0v) is 20.8. The first-order chi connectivity index (χ1) is 15.8. The maximum atomic E-state index is 11.5. The first-order valence-corrected chi connectivity index (χ1v) is 13.2. The number of carboxylic acids is 2. The Morgan fingerprint density at radius 2 is 1.18 bits per heavy atom. The van der Waals surface area contributed by atoms with Crippen molar-refractivity contribution in [1.82, 2.24) is 0 Å². The predicted octanol–water partition coefficient (Wildman–Crippen LogP) is 5.65. The quantitative estimate of drug-likeness (QED) is 0.117. The Kier molecular flexibility index (Phi) is 21.7. The Labute approximate surface area is 199 Å². The van der Waals surface area contributed by atoms with Crippen LogP contribution in [0.25, 0.3) is 0 Å². The molecule has 13 heteroatoms. The van der Waals surface area contributed by atoms with Crippen LogP contribution in [-0.2, 0) is 23.2 Å². The fourth-order valence-electron chi connectivity index (χ4n) is 2.76. The third-order valence-corrected chi connectivity index (χ3v) is 5.71. The van der Waals surface area contributed by atoms with E-state index in [0.717, 1.165) is 12.8 Å². The normalized spacial score (nSPS) is 14.1. The summed E-state index contributed by atoms with van der Waals surface area (Å²) >= 11 is 0. The number of halogens is 3. The minimum absolute atomic E-state index is 0.119. The number of carboxylic acid groups (broad SMARTS) is 2. The van der Waals surface area contributed by atoms with E-state index in [9.17, 15) is 27.4 Å². The molecule has 0 saturated heterocycles. The summed E-state index contributed by atoms with van der Waals surface area (Å²) in [7, 11) is -4.22. The van der Waals surface area contributed by atoms with E-state index < -0.39 is 38.6 Å². The number of hydrogen-bond acceptors (Lipinski definition) is 6. The summed E-state index contributed by atoms with van der Waals surface area (Å²) < 4.78 is 52.6. The summed E-state index contributed by atoms with van der Waals surface area (Å²) in [5, 5.41) is 15.7. The molecule has 0 amide bonds. The molecule has 0 aliphatic carbocycles. The lowest BCUT2D eigenvalue weighted by Crippen LogP contribution is -2.34. The molecule has 0 aromatic heterocycles. The van der Waals surface area contributed by atoms with Crippen LogP contribution in [0, 0.1) is 0 Å². The molecule has 0 aliphatic rings. The van der Waals surface area contributed by atoms with Gasteiger partial charge in [-0.1, -0.05) is 90.4 Å². The number of alkyl halides is 3. The number of phosphoric ester groups is 1. The Morgan fingerprint density at radius 3 is 1.50 bits per heavy atom.